The number of benzene rings is 1. The third-order valence-electron chi connectivity index (χ3n) is 2.58. The van der Waals surface area contributed by atoms with Crippen LogP contribution in [0.15, 0.2) is 22.7 Å². The predicted octanol–water partition coefficient (Wildman–Crippen LogP) is 1.93. The number of anilines is 1. The van der Waals surface area contributed by atoms with Crippen LogP contribution in [-0.2, 0) is 4.74 Å². The van der Waals surface area contributed by atoms with Crippen LogP contribution in [0, 0.1) is 6.92 Å². The summed E-state index contributed by atoms with van der Waals surface area (Å²) < 4.78 is 6.25. The minimum absolute atomic E-state index is 0.00451. The molecule has 2 atom stereocenters. The van der Waals surface area contributed by atoms with E-state index in [1.54, 1.807) is 0 Å². The maximum Gasteiger partial charge on any atom is 0.0996 e. The van der Waals surface area contributed by atoms with E-state index < -0.39 is 6.10 Å². The van der Waals surface area contributed by atoms with E-state index >= 15 is 0 Å². The van der Waals surface area contributed by atoms with Gasteiger partial charge in [-0.25, -0.2) is 0 Å². The van der Waals surface area contributed by atoms with E-state index in [1.165, 1.54) is 0 Å². The third kappa shape index (κ3) is 2.51. The first-order chi connectivity index (χ1) is 7.16. The molecule has 0 aromatic heterocycles. The first kappa shape index (κ1) is 10.9. The fourth-order valence-electron chi connectivity index (χ4n) is 1.67. The Kier molecular flexibility index (Phi) is 3.29. The van der Waals surface area contributed by atoms with Crippen LogP contribution in [-0.4, -0.2) is 30.5 Å². The summed E-state index contributed by atoms with van der Waals surface area (Å²) in [6, 6.07) is 6.04. The van der Waals surface area contributed by atoms with Crippen molar-refractivity contribution in [3.63, 3.8) is 0 Å². The molecule has 15 heavy (non-hydrogen) atoms. The van der Waals surface area contributed by atoms with E-state index in [-0.39, 0.29) is 6.04 Å². The van der Waals surface area contributed by atoms with Crippen molar-refractivity contribution in [3.8, 4) is 0 Å². The van der Waals surface area contributed by atoms with Gasteiger partial charge >= 0.3 is 0 Å². The summed E-state index contributed by atoms with van der Waals surface area (Å²) in [5, 5.41) is 12.9. The van der Waals surface area contributed by atoms with Gasteiger partial charge in [0, 0.05) is 10.2 Å². The minimum Gasteiger partial charge on any atom is -0.388 e. The van der Waals surface area contributed by atoms with Crippen LogP contribution < -0.4 is 5.32 Å². The molecule has 2 unspecified atom stereocenters. The predicted molar refractivity (Wildman–Crippen MR) is 63.1 cm³/mol. The standard InChI is InChI=1S/C11H14BrNO2/c1-7-4-8(12)2-3-9(7)13-10-5-15-6-11(10)14/h2-4,10-11,13-14H,5-6H2,1H3. The zero-order valence-corrected chi connectivity index (χ0v) is 10.1. The van der Waals surface area contributed by atoms with Crippen LogP contribution in [0.3, 0.4) is 0 Å². The zero-order valence-electron chi connectivity index (χ0n) is 8.53. The number of hydrogen-bond acceptors (Lipinski definition) is 3. The Bertz CT molecular complexity index is 356. The highest BCUT2D eigenvalue weighted by atomic mass is 79.9. The monoisotopic (exact) mass is 271 g/mol. The highest BCUT2D eigenvalue weighted by molar-refractivity contribution is 9.10. The van der Waals surface area contributed by atoms with Gasteiger partial charge in [-0.05, 0) is 30.7 Å². The molecule has 4 heteroatoms. The van der Waals surface area contributed by atoms with Gasteiger partial charge in [0.05, 0.1) is 25.4 Å². The molecule has 1 saturated heterocycles. The molecule has 0 amide bonds. The molecule has 0 saturated carbocycles. The maximum absolute atomic E-state index is 9.60. The van der Waals surface area contributed by atoms with E-state index in [0.29, 0.717) is 13.2 Å². The lowest BCUT2D eigenvalue weighted by molar-refractivity contribution is 0.125. The van der Waals surface area contributed by atoms with E-state index in [0.717, 1.165) is 15.7 Å². The average Bonchev–Trinajstić information content (AvgIpc) is 2.57. The van der Waals surface area contributed by atoms with E-state index in [4.69, 9.17) is 4.74 Å². The molecule has 1 aromatic carbocycles. The van der Waals surface area contributed by atoms with Crippen LogP contribution >= 0.6 is 15.9 Å². The number of ether oxygens (including phenoxy) is 1. The normalized spacial score (nSPS) is 25.5. The number of nitrogens with one attached hydrogen (secondary N) is 1. The Morgan fingerprint density at radius 1 is 1.47 bits per heavy atom. The Morgan fingerprint density at radius 3 is 2.87 bits per heavy atom. The second kappa shape index (κ2) is 4.51. The van der Waals surface area contributed by atoms with Crippen LogP contribution in [0.1, 0.15) is 5.56 Å². The van der Waals surface area contributed by atoms with Gasteiger partial charge in [-0.3, -0.25) is 0 Å². The van der Waals surface area contributed by atoms with Crippen molar-refractivity contribution in [1.29, 1.82) is 0 Å². The van der Waals surface area contributed by atoms with Gasteiger partial charge in [0.1, 0.15) is 0 Å². The molecule has 1 aliphatic heterocycles. The van der Waals surface area contributed by atoms with Gasteiger partial charge < -0.3 is 15.2 Å². The third-order valence-corrected chi connectivity index (χ3v) is 3.07. The molecule has 3 nitrogen and oxygen atoms in total. The summed E-state index contributed by atoms with van der Waals surface area (Å²) in [5.41, 5.74) is 2.20. The second-order valence-electron chi connectivity index (χ2n) is 3.81. The highest BCUT2D eigenvalue weighted by Gasteiger charge is 2.26. The molecule has 1 heterocycles. The fourth-order valence-corrected chi connectivity index (χ4v) is 2.15. The average molecular weight is 272 g/mol. The second-order valence-corrected chi connectivity index (χ2v) is 4.73. The largest absolute Gasteiger partial charge is 0.388 e. The summed E-state index contributed by atoms with van der Waals surface area (Å²) in [6.45, 7) is 3.03. The SMILES string of the molecule is Cc1cc(Br)ccc1NC1COCC1O. The lowest BCUT2D eigenvalue weighted by Crippen LogP contribution is -2.32. The lowest BCUT2D eigenvalue weighted by Gasteiger charge is -2.17. The molecule has 1 aromatic rings. The van der Waals surface area contributed by atoms with Crippen molar-refractivity contribution in [1.82, 2.24) is 0 Å². The number of aliphatic hydroxyl groups excluding tert-OH is 1. The molecule has 0 spiro atoms. The molecule has 1 aliphatic rings. The molecule has 0 aliphatic carbocycles. The van der Waals surface area contributed by atoms with E-state index in [1.807, 2.05) is 25.1 Å². The van der Waals surface area contributed by atoms with E-state index in [9.17, 15) is 5.11 Å². The molecule has 0 bridgehead atoms. The van der Waals surface area contributed by atoms with Crippen molar-refractivity contribution in [3.05, 3.63) is 28.2 Å². The number of aryl methyl sites for hydroxylation is 1. The first-order valence-corrected chi connectivity index (χ1v) is 5.74. The van der Waals surface area contributed by atoms with Gasteiger partial charge in [-0.15, -0.1) is 0 Å². The number of hydrogen-bond donors (Lipinski definition) is 2. The topological polar surface area (TPSA) is 41.5 Å². The summed E-state index contributed by atoms with van der Waals surface area (Å²) >= 11 is 3.42. The smallest absolute Gasteiger partial charge is 0.0996 e. The lowest BCUT2D eigenvalue weighted by atomic mass is 10.1. The Labute approximate surface area is 97.6 Å². The van der Waals surface area contributed by atoms with Crippen LogP contribution in [0.5, 0.6) is 0 Å². The Morgan fingerprint density at radius 2 is 2.27 bits per heavy atom. The van der Waals surface area contributed by atoms with Gasteiger partial charge in [0.25, 0.3) is 0 Å². The summed E-state index contributed by atoms with van der Waals surface area (Å²) in [4.78, 5) is 0. The number of halogens is 1. The molecule has 2 N–H and O–H groups in total. The molecular weight excluding hydrogens is 258 g/mol. The Balaban J connectivity index is 2.10. The van der Waals surface area contributed by atoms with Crippen molar-refractivity contribution in [2.75, 3.05) is 18.5 Å². The molecule has 2 rings (SSSR count). The molecule has 1 fully saturated rings. The van der Waals surface area contributed by atoms with Gasteiger partial charge in [-0.1, -0.05) is 15.9 Å². The zero-order chi connectivity index (χ0) is 10.8. The Hall–Kier alpha value is -0.580. The number of aliphatic hydroxyl groups is 1. The fraction of sp³-hybridized carbons (Fsp3) is 0.455. The molecular formula is C11H14BrNO2. The summed E-state index contributed by atoms with van der Waals surface area (Å²) in [6.07, 6.45) is -0.409. The van der Waals surface area contributed by atoms with Gasteiger partial charge in [0.15, 0.2) is 0 Å². The first-order valence-electron chi connectivity index (χ1n) is 4.95. The van der Waals surface area contributed by atoms with E-state index in [2.05, 4.69) is 21.2 Å². The van der Waals surface area contributed by atoms with Crippen LogP contribution in [0.2, 0.25) is 0 Å². The highest BCUT2D eigenvalue weighted by Crippen LogP contribution is 2.22. The van der Waals surface area contributed by atoms with Crippen LogP contribution in [0.4, 0.5) is 5.69 Å². The van der Waals surface area contributed by atoms with Crippen LogP contribution in [0.25, 0.3) is 0 Å². The molecule has 0 radical (unpaired) electrons. The summed E-state index contributed by atoms with van der Waals surface area (Å²) in [7, 11) is 0. The summed E-state index contributed by atoms with van der Waals surface area (Å²) in [5.74, 6) is 0. The van der Waals surface area contributed by atoms with Crippen molar-refractivity contribution >= 4 is 21.6 Å². The van der Waals surface area contributed by atoms with Crippen molar-refractivity contribution < 1.29 is 9.84 Å². The van der Waals surface area contributed by atoms with Gasteiger partial charge in [-0.2, -0.15) is 0 Å². The number of rotatable bonds is 2. The molecule has 82 valence electrons. The van der Waals surface area contributed by atoms with Gasteiger partial charge in [0.2, 0.25) is 0 Å². The quantitative estimate of drug-likeness (QED) is 0.864. The minimum atomic E-state index is -0.409. The van der Waals surface area contributed by atoms with Crippen molar-refractivity contribution in [2.24, 2.45) is 0 Å². The van der Waals surface area contributed by atoms with Crippen molar-refractivity contribution in [2.45, 2.75) is 19.1 Å². The maximum atomic E-state index is 9.60.